The molecule has 3 rings (SSSR count). The Morgan fingerprint density at radius 3 is 2.07 bits per heavy atom. The summed E-state index contributed by atoms with van der Waals surface area (Å²) in [5.74, 6) is -8.59. The number of carbonyl (C=O) groups is 11. The first-order chi connectivity index (χ1) is 32.6. The lowest BCUT2D eigenvalue weighted by atomic mass is 9.96. The van der Waals surface area contributed by atoms with Gasteiger partial charge in [-0.05, 0) is 67.4 Å². The summed E-state index contributed by atoms with van der Waals surface area (Å²) >= 11 is 1.18. The van der Waals surface area contributed by atoms with Gasteiger partial charge in [-0.2, -0.15) is 11.8 Å². The van der Waals surface area contributed by atoms with Gasteiger partial charge >= 0.3 is 0 Å². The molecular formula is C45H69N11O12S. The largest absolute Gasteiger partial charge is 0.497 e. The van der Waals surface area contributed by atoms with Crippen LogP contribution in [0.2, 0.25) is 0 Å². The van der Waals surface area contributed by atoms with Crippen molar-refractivity contribution in [1.82, 2.24) is 42.1 Å². The van der Waals surface area contributed by atoms with Gasteiger partial charge < -0.3 is 64.1 Å². The van der Waals surface area contributed by atoms with E-state index in [1.807, 2.05) is 13.8 Å². The predicted molar refractivity (Wildman–Crippen MR) is 253 cm³/mol. The molecule has 13 N–H and O–H groups in total. The molecule has 0 spiro atoms. The molecule has 1 aromatic rings. The predicted octanol–water partition coefficient (Wildman–Crippen LogP) is -2.50. The van der Waals surface area contributed by atoms with E-state index >= 15 is 0 Å². The van der Waals surface area contributed by atoms with Crippen LogP contribution in [-0.4, -0.2) is 144 Å². The van der Waals surface area contributed by atoms with Crippen LogP contribution in [0.5, 0.6) is 5.75 Å². The normalized spacial score (nSPS) is 23.2. The molecule has 1 unspecified atom stereocenters. The molecule has 2 saturated heterocycles. The van der Waals surface area contributed by atoms with Crippen LogP contribution in [0.15, 0.2) is 24.3 Å². The zero-order valence-electron chi connectivity index (χ0n) is 39.9. The van der Waals surface area contributed by atoms with Gasteiger partial charge in [0.15, 0.2) is 0 Å². The fourth-order valence-electron chi connectivity index (χ4n) is 7.68. The number of hydrogen-bond donors (Lipinski definition) is 10. The second kappa shape index (κ2) is 28.1. The summed E-state index contributed by atoms with van der Waals surface area (Å²) in [4.78, 5) is 148. The Kier molecular flexibility index (Phi) is 23.2. The van der Waals surface area contributed by atoms with E-state index in [2.05, 4.69) is 37.2 Å². The Labute approximate surface area is 405 Å². The van der Waals surface area contributed by atoms with Gasteiger partial charge in [0.05, 0.1) is 20.1 Å². The van der Waals surface area contributed by atoms with Crippen LogP contribution in [0.1, 0.15) is 91.0 Å². The summed E-state index contributed by atoms with van der Waals surface area (Å²) in [5, 5.41) is 18.2. The Balaban J connectivity index is 2.02. The lowest BCUT2D eigenvalue weighted by Gasteiger charge is -2.31. The number of nitrogens with two attached hydrogens (primary N) is 3. The first-order valence-corrected chi connectivity index (χ1v) is 24.2. The van der Waals surface area contributed by atoms with E-state index in [4.69, 9.17) is 21.9 Å². The molecule has 382 valence electrons. The highest BCUT2D eigenvalue weighted by atomic mass is 32.2. The number of methoxy groups -OCH3 is 1. The van der Waals surface area contributed by atoms with Crippen molar-refractivity contribution >= 4 is 76.7 Å². The Bertz CT molecular complexity index is 2020. The van der Waals surface area contributed by atoms with E-state index < -0.39 is 133 Å². The van der Waals surface area contributed by atoms with Crippen LogP contribution in [0.3, 0.4) is 0 Å². The molecule has 0 aliphatic carbocycles. The molecule has 23 nitrogen and oxygen atoms in total. The summed E-state index contributed by atoms with van der Waals surface area (Å²) in [6, 6.07) is -2.40. The van der Waals surface area contributed by atoms with E-state index in [0.717, 1.165) is 0 Å². The average molecular weight is 988 g/mol. The number of rotatable bonds is 18. The number of nitrogens with one attached hydrogen (secondary N) is 7. The van der Waals surface area contributed by atoms with Gasteiger partial charge in [0, 0.05) is 31.6 Å². The molecule has 11 amide bonds. The van der Waals surface area contributed by atoms with E-state index in [1.54, 1.807) is 38.1 Å². The molecule has 1 aromatic carbocycles. The van der Waals surface area contributed by atoms with E-state index in [-0.39, 0.29) is 62.5 Å². The number of benzene rings is 1. The fraction of sp³-hybridized carbons (Fsp3) is 0.622. The Hall–Kier alpha value is -6.46. The van der Waals surface area contributed by atoms with Crippen LogP contribution in [0.4, 0.5) is 0 Å². The van der Waals surface area contributed by atoms with Gasteiger partial charge in [-0.3, -0.25) is 52.7 Å². The Morgan fingerprint density at radius 1 is 0.812 bits per heavy atom. The van der Waals surface area contributed by atoms with Crippen molar-refractivity contribution in [3.63, 3.8) is 0 Å². The molecule has 69 heavy (non-hydrogen) atoms. The number of carbonyl (C=O) groups excluding carboxylic acids is 11. The molecule has 2 fully saturated rings. The molecule has 0 aromatic heterocycles. The number of amides is 11. The van der Waals surface area contributed by atoms with Crippen LogP contribution < -0.4 is 59.2 Å². The average Bonchev–Trinajstić information content (AvgIpc) is 3.79. The zero-order valence-corrected chi connectivity index (χ0v) is 40.7. The molecule has 2 aliphatic rings. The van der Waals surface area contributed by atoms with Gasteiger partial charge in [0.1, 0.15) is 48.0 Å². The summed E-state index contributed by atoms with van der Waals surface area (Å²) in [5.41, 5.74) is 16.8. The van der Waals surface area contributed by atoms with Crippen molar-refractivity contribution in [2.45, 2.75) is 134 Å². The van der Waals surface area contributed by atoms with Gasteiger partial charge in [-0.1, -0.05) is 46.2 Å². The SMILES string of the molecule is CC[C@H](C)[C@@H]1NC(=O)[C@H](Cc2ccc(OC)cc2)NC(=O)CCCSC[C@@H](C(=O)N2CCC[C@H]2C(=O)NC(CC(C)C)C(=O)NCC(N)=O)NC(=O)[C@@H](CC(N)=O)NC(=O)[C@H](CCC(N)=O)NC1=O. The van der Waals surface area contributed by atoms with Crippen molar-refractivity contribution in [3.05, 3.63) is 29.8 Å². The maximum Gasteiger partial charge on any atom is 0.246 e. The molecule has 2 heterocycles. The third-order valence-corrected chi connectivity index (χ3v) is 12.7. The van der Waals surface area contributed by atoms with Gasteiger partial charge in [0.25, 0.3) is 0 Å². The molecule has 8 atom stereocenters. The highest BCUT2D eigenvalue weighted by molar-refractivity contribution is 7.99. The smallest absolute Gasteiger partial charge is 0.246 e. The zero-order chi connectivity index (χ0) is 51.4. The van der Waals surface area contributed by atoms with E-state index in [9.17, 15) is 52.7 Å². The van der Waals surface area contributed by atoms with Crippen LogP contribution in [0, 0.1) is 11.8 Å². The van der Waals surface area contributed by atoms with Gasteiger partial charge in [-0.25, -0.2) is 0 Å². The maximum absolute atomic E-state index is 14.5. The second-order valence-electron chi connectivity index (χ2n) is 17.6. The van der Waals surface area contributed by atoms with Crippen LogP contribution >= 0.6 is 11.8 Å². The molecule has 0 bridgehead atoms. The lowest BCUT2D eigenvalue weighted by molar-refractivity contribution is -0.142. The number of nitrogens with zero attached hydrogens (tertiary/aromatic N) is 1. The molecule has 2 aliphatic heterocycles. The summed E-state index contributed by atoms with van der Waals surface area (Å²) < 4.78 is 5.25. The standard InChI is InChI=1S/C45H69N11O12S/c1-6-25(4)38-44(66)51-28(15-16-34(46)57)40(62)52-31(21-35(47)58)41(63)54-32(23-69-18-8-10-37(60)50-30(42(64)55-38)20-26-11-13-27(68-5)14-12-26)45(67)56-17-7-9-33(56)43(65)53-29(19-24(2)3)39(61)49-22-36(48)59/h11-14,24-25,28-33,38H,6-10,15-23H2,1-5H3,(H2,46,57)(H2,47,58)(H2,48,59)(H,49,61)(H,50,60)(H,51,66)(H,52,62)(H,53,65)(H,54,63)(H,55,64)/t25-,28-,29?,30-,31+,32-,33-,38-/m0/s1. The number of likely N-dealkylation sites (tertiary alicyclic amines) is 1. The lowest BCUT2D eigenvalue weighted by Crippen LogP contribution is -2.61. The third-order valence-electron chi connectivity index (χ3n) is 11.6. The molecule has 24 heteroatoms. The van der Waals surface area contributed by atoms with E-state index in [0.29, 0.717) is 24.2 Å². The summed E-state index contributed by atoms with van der Waals surface area (Å²) in [7, 11) is 1.50. The highest BCUT2D eigenvalue weighted by Crippen LogP contribution is 2.22. The van der Waals surface area contributed by atoms with E-state index in [1.165, 1.54) is 23.8 Å². The topological polar surface area (TPSA) is 363 Å². The first-order valence-electron chi connectivity index (χ1n) is 23.1. The number of hydrogen-bond acceptors (Lipinski definition) is 13. The van der Waals surface area contributed by atoms with Crippen LogP contribution in [0.25, 0.3) is 0 Å². The minimum atomic E-state index is -1.71. The highest BCUT2D eigenvalue weighted by Gasteiger charge is 2.40. The van der Waals surface area contributed by atoms with Crippen molar-refractivity contribution in [2.75, 3.05) is 31.7 Å². The molecule has 0 radical (unpaired) electrons. The van der Waals surface area contributed by atoms with Gasteiger partial charge in [-0.15, -0.1) is 0 Å². The summed E-state index contributed by atoms with van der Waals surface area (Å²) in [6.45, 7) is 6.75. The molecular weight excluding hydrogens is 919 g/mol. The van der Waals surface area contributed by atoms with Crippen molar-refractivity contribution in [1.29, 1.82) is 0 Å². The minimum absolute atomic E-state index is 0.0237. The monoisotopic (exact) mass is 987 g/mol. The quantitative estimate of drug-likeness (QED) is 0.0728. The van der Waals surface area contributed by atoms with Crippen molar-refractivity contribution < 1.29 is 57.5 Å². The second-order valence-corrected chi connectivity index (χ2v) is 18.8. The summed E-state index contributed by atoms with van der Waals surface area (Å²) in [6.07, 6.45) is -0.176. The first kappa shape index (κ1) is 56.9. The Morgan fingerprint density at radius 2 is 1.46 bits per heavy atom. The maximum atomic E-state index is 14.5. The number of ether oxygens (including phenoxy) is 1. The third kappa shape index (κ3) is 18.9. The fourth-order valence-corrected chi connectivity index (χ4v) is 8.66. The number of thioether (sulfide) groups is 1. The molecule has 0 saturated carbocycles. The number of primary amides is 3. The minimum Gasteiger partial charge on any atom is -0.497 e. The van der Waals surface area contributed by atoms with Gasteiger partial charge in [0.2, 0.25) is 65.0 Å². The van der Waals surface area contributed by atoms with Crippen LogP contribution in [-0.2, 0) is 59.2 Å². The van der Waals surface area contributed by atoms with Crippen molar-refractivity contribution in [3.8, 4) is 5.75 Å². The van der Waals surface area contributed by atoms with Crippen molar-refractivity contribution in [2.24, 2.45) is 29.0 Å².